The molecule has 1 saturated heterocycles. The van der Waals surface area contributed by atoms with E-state index in [1.54, 1.807) is 0 Å². The normalized spacial score (nSPS) is 22.1. The second-order valence-electron chi connectivity index (χ2n) is 5.50. The first kappa shape index (κ1) is 17.2. The Morgan fingerprint density at radius 3 is 3.09 bits per heavy atom. The second-order valence-corrected chi connectivity index (χ2v) is 5.91. The van der Waals surface area contributed by atoms with Crippen molar-refractivity contribution in [1.82, 2.24) is 10.6 Å². The van der Waals surface area contributed by atoms with Crippen LogP contribution in [-0.4, -0.2) is 45.9 Å². The van der Waals surface area contributed by atoms with Crippen LogP contribution >= 0.6 is 11.6 Å². The number of carbonyl (C=O) groups is 1. The fourth-order valence-electron chi connectivity index (χ4n) is 2.61. The van der Waals surface area contributed by atoms with E-state index < -0.39 is 0 Å². The standard InChI is InChI=1S/C16H23ClN2O3/c1-11-7-12(3-4-14(11)17)16-13(8-18-5-6-22-16)9-19-15(20)10-21-2/h3-4,7,13,16,18H,5-6,8-10H2,1-2H3,(H,19,20). The van der Waals surface area contributed by atoms with Crippen LogP contribution < -0.4 is 10.6 Å². The molecule has 0 spiro atoms. The summed E-state index contributed by atoms with van der Waals surface area (Å²) in [6, 6.07) is 5.95. The molecule has 0 radical (unpaired) electrons. The van der Waals surface area contributed by atoms with E-state index >= 15 is 0 Å². The predicted octanol–water partition coefficient (Wildman–Crippen LogP) is 1.69. The molecule has 2 unspecified atom stereocenters. The van der Waals surface area contributed by atoms with Crippen LogP contribution in [0, 0.1) is 12.8 Å². The van der Waals surface area contributed by atoms with Gasteiger partial charge in [-0.15, -0.1) is 0 Å². The molecule has 2 rings (SSSR count). The molecule has 1 amide bonds. The summed E-state index contributed by atoms with van der Waals surface area (Å²) < 4.78 is 10.8. The van der Waals surface area contributed by atoms with Gasteiger partial charge in [-0.25, -0.2) is 0 Å². The maximum Gasteiger partial charge on any atom is 0.245 e. The molecule has 122 valence electrons. The molecule has 2 N–H and O–H groups in total. The van der Waals surface area contributed by atoms with E-state index in [4.69, 9.17) is 21.1 Å². The van der Waals surface area contributed by atoms with E-state index in [0.29, 0.717) is 13.2 Å². The minimum absolute atomic E-state index is 0.0613. The molecule has 0 bridgehead atoms. The molecule has 5 nitrogen and oxygen atoms in total. The zero-order valence-electron chi connectivity index (χ0n) is 13.0. The topological polar surface area (TPSA) is 59.6 Å². The van der Waals surface area contributed by atoms with Gasteiger partial charge in [-0.2, -0.15) is 0 Å². The van der Waals surface area contributed by atoms with E-state index in [1.807, 2.05) is 19.1 Å². The molecule has 0 aromatic heterocycles. The molecule has 1 aromatic carbocycles. The molecule has 0 aliphatic carbocycles. The van der Waals surface area contributed by atoms with Crippen LogP contribution in [0.3, 0.4) is 0 Å². The van der Waals surface area contributed by atoms with Crippen molar-refractivity contribution < 1.29 is 14.3 Å². The van der Waals surface area contributed by atoms with Crippen molar-refractivity contribution in [2.24, 2.45) is 5.92 Å². The molecule has 1 heterocycles. The summed E-state index contributed by atoms with van der Waals surface area (Å²) >= 11 is 6.10. The zero-order chi connectivity index (χ0) is 15.9. The lowest BCUT2D eigenvalue weighted by atomic mass is 9.94. The Bertz CT molecular complexity index is 510. The summed E-state index contributed by atoms with van der Waals surface area (Å²) in [6.07, 6.45) is -0.0613. The van der Waals surface area contributed by atoms with Gasteiger partial charge in [0.25, 0.3) is 0 Å². The number of nitrogens with one attached hydrogen (secondary N) is 2. The summed E-state index contributed by atoms with van der Waals surface area (Å²) in [5, 5.41) is 6.99. The third-order valence-electron chi connectivity index (χ3n) is 3.76. The number of carbonyl (C=O) groups excluding carboxylic acids is 1. The number of benzene rings is 1. The SMILES string of the molecule is COCC(=O)NCC1CNCCOC1c1ccc(Cl)c(C)c1. The van der Waals surface area contributed by atoms with E-state index in [-0.39, 0.29) is 24.5 Å². The summed E-state index contributed by atoms with van der Waals surface area (Å²) in [4.78, 5) is 11.6. The van der Waals surface area contributed by atoms with Crippen molar-refractivity contribution in [3.63, 3.8) is 0 Å². The number of rotatable bonds is 5. The van der Waals surface area contributed by atoms with Gasteiger partial charge in [-0.1, -0.05) is 23.7 Å². The molecular weight excluding hydrogens is 304 g/mol. The van der Waals surface area contributed by atoms with Gasteiger partial charge in [-0.05, 0) is 24.1 Å². The summed E-state index contributed by atoms with van der Waals surface area (Å²) in [5.41, 5.74) is 2.12. The number of ether oxygens (including phenoxy) is 2. The van der Waals surface area contributed by atoms with Gasteiger partial charge in [0.15, 0.2) is 0 Å². The highest BCUT2D eigenvalue weighted by Gasteiger charge is 2.26. The third-order valence-corrected chi connectivity index (χ3v) is 4.18. The second kappa shape index (κ2) is 8.48. The molecule has 0 saturated carbocycles. The quantitative estimate of drug-likeness (QED) is 0.864. The first-order valence-electron chi connectivity index (χ1n) is 7.46. The Morgan fingerprint density at radius 1 is 1.55 bits per heavy atom. The minimum atomic E-state index is -0.113. The third kappa shape index (κ3) is 4.68. The fourth-order valence-corrected chi connectivity index (χ4v) is 2.73. The predicted molar refractivity (Wildman–Crippen MR) is 86.1 cm³/mol. The lowest BCUT2D eigenvalue weighted by Gasteiger charge is -2.26. The Kier molecular flexibility index (Phi) is 6.64. The summed E-state index contributed by atoms with van der Waals surface area (Å²) in [6.45, 7) is 4.85. The van der Waals surface area contributed by atoms with E-state index in [0.717, 1.165) is 29.2 Å². The van der Waals surface area contributed by atoms with Gasteiger partial charge < -0.3 is 20.1 Å². The zero-order valence-corrected chi connectivity index (χ0v) is 13.8. The lowest BCUT2D eigenvalue weighted by molar-refractivity contribution is -0.125. The maximum absolute atomic E-state index is 11.6. The average Bonchev–Trinajstić information content (AvgIpc) is 2.74. The molecular formula is C16H23ClN2O3. The van der Waals surface area contributed by atoms with Gasteiger partial charge in [0, 0.05) is 37.7 Å². The minimum Gasteiger partial charge on any atom is -0.375 e. The van der Waals surface area contributed by atoms with Crippen molar-refractivity contribution >= 4 is 17.5 Å². The van der Waals surface area contributed by atoms with Gasteiger partial charge in [0.1, 0.15) is 6.61 Å². The number of methoxy groups -OCH3 is 1. The summed E-state index contributed by atoms with van der Waals surface area (Å²) in [7, 11) is 1.51. The van der Waals surface area contributed by atoms with Crippen molar-refractivity contribution in [3.8, 4) is 0 Å². The molecule has 1 aromatic rings. The van der Waals surface area contributed by atoms with Gasteiger partial charge in [0.2, 0.25) is 5.91 Å². The molecule has 1 fully saturated rings. The number of halogens is 1. The van der Waals surface area contributed by atoms with E-state index in [9.17, 15) is 4.79 Å². The van der Waals surface area contributed by atoms with Crippen molar-refractivity contribution in [3.05, 3.63) is 34.3 Å². The molecule has 1 aliphatic rings. The van der Waals surface area contributed by atoms with E-state index in [2.05, 4.69) is 16.7 Å². The molecule has 2 atom stereocenters. The number of hydrogen-bond donors (Lipinski definition) is 2. The van der Waals surface area contributed by atoms with Crippen LogP contribution in [0.2, 0.25) is 5.02 Å². The smallest absolute Gasteiger partial charge is 0.245 e. The van der Waals surface area contributed by atoms with Gasteiger partial charge in [-0.3, -0.25) is 4.79 Å². The van der Waals surface area contributed by atoms with E-state index in [1.165, 1.54) is 7.11 Å². The van der Waals surface area contributed by atoms with Crippen LogP contribution in [0.15, 0.2) is 18.2 Å². The van der Waals surface area contributed by atoms with Crippen LogP contribution in [-0.2, 0) is 14.3 Å². The number of aryl methyl sites for hydroxylation is 1. The fraction of sp³-hybridized carbons (Fsp3) is 0.562. The molecule has 1 aliphatic heterocycles. The number of hydrogen-bond acceptors (Lipinski definition) is 4. The van der Waals surface area contributed by atoms with Crippen molar-refractivity contribution in [2.75, 3.05) is 40.0 Å². The molecule has 22 heavy (non-hydrogen) atoms. The lowest BCUT2D eigenvalue weighted by Crippen LogP contribution is -2.37. The molecule has 6 heteroatoms. The van der Waals surface area contributed by atoms with Crippen LogP contribution in [0.5, 0.6) is 0 Å². The monoisotopic (exact) mass is 326 g/mol. The maximum atomic E-state index is 11.6. The average molecular weight is 327 g/mol. The Balaban J connectivity index is 2.09. The van der Waals surface area contributed by atoms with Gasteiger partial charge in [0.05, 0.1) is 12.7 Å². The van der Waals surface area contributed by atoms with Crippen LogP contribution in [0.1, 0.15) is 17.2 Å². The highest BCUT2D eigenvalue weighted by Crippen LogP contribution is 2.29. The first-order chi connectivity index (χ1) is 10.6. The highest BCUT2D eigenvalue weighted by atomic mass is 35.5. The van der Waals surface area contributed by atoms with Gasteiger partial charge >= 0.3 is 0 Å². The largest absolute Gasteiger partial charge is 0.375 e. The Hall–Kier alpha value is -1.14. The van der Waals surface area contributed by atoms with Crippen molar-refractivity contribution in [2.45, 2.75) is 13.0 Å². The highest BCUT2D eigenvalue weighted by molar-refractivity contribution is 6.31. The number of amides is 1. The Labute approximate surface area is 136 Å². The first-order valence-corrected chi connectivity index (χ1v) is 7.83. The van der Waals surface area contributed by atoms with Crippen LogP contribution in [0.4, 0.5) is 0 Å². The summed E-state index contributed by atoms with van der Waals surface area (Å²) in [5.74, 6) is 0.0432. The van der Waals surface area contributed by atoms with Crippen molar-refractivity contribution in [1.29, 1.82) is 0 Å². The van der Waals surface area contributed by atoms with Crippen LogP contribution in [0.25, 0.3) is 0 Å². The Morgan fingerprint density at radius 2 is 2.36 bits per heavy atom.